The third-order valence-corrected chi connectivity index (χ3v) is 2.76. The zero-order chi connectivity index (χ0) is 13.4. The smallest absolute Gasteiger partial charge is 0.407 e. The number of hydrogen-bond acceptors (Lipinski definition) is 5. The maximum Gasteiger partial charge on any atom is 0.407 e. The molecule has 1 aliphatic rings. The first-order chi connectivity index (χ1) is 8.65. The number of likely N-dealkylation sites (tertiary alicyclic amines) is 1. The Balaban J connectivity index is 2.31. The van der Waals surface area contributed by atoms with Gasteiger partial charge in [-0.2, -0.15) is 0 Å². The van der Waals surface area contributed by atoms with E-state index in [1.807, 2.05) is 4.90 Å². The monoisotopic (exact) mass is 258 g/mol. The van der Waals surface area contributed by atoms with Gasteiger partial charge in [0.15, 0.2) is 0 Å². The first-order valence-electron chi connectivity index (χ1n) is 6.47. The van der Waals surface area contributed by atoms with Crippen molar-refractivity contribution in [3.05, 3.63) is 0 Å². The van der Waals surface area contributed by atoms with Gasteiger partial charge in [-0.3, -0.25) is 9.69 Å². The summed E-state index contributed by atoms with van der Waals surface area (Å²) in [4.78, 5) is 24.7. The highest BCUT2D eigenvalue weighted by atomic mass is 16.5. The molecule has 104 valence electrons. The number of rotatable bonds is 5. The first kappa shape index (κ1) is 14.8. The molecule has 0 saturated carbocycles. The van der Waals surface area contributed by atoms with Crippen LogP contribution >= 0.6 is 0 Å². The van der Waals surface area contributed by atoms with Crippen LogP contribution in [0.25, 0.3) is 0 Å². The zero-order valence-electron chi connectivity index (χ0n) is 11.1. The molecule has 1 amide bonds. The average molecular weight is 258 g/mol. The number of carbonyl (C=O) groups is 2. The van der Waals surface area contributed by atoms with Crippen molar-refractivity contribution in [2.75, 3.05) is 32.8 Å². The van der Waals surface area contributed by atoms with Crippen LogP contribution in [0.3, 0.4) is 0 Å². The van der Waals surface area contributed by atoms with Crippen molar-refractivity contribution in [1.29, 1.82) is 0 Å². The zero-order valence-corrected chi connectivity index (χ0v) is 11.1. The minimum atomic E-state index is -0.388. The maximum atomic E-state index is 11.4. The second kappa shape index (κ2) is 7.92. The van der Waals surface area contributed by atoms with Crippen molar-refractivity contribution in [3.63, 3.8) is 0 Å². The average Bonchev–Trinajstić information content (AvgIpc) is 2.29. The van der Waals surface area contributed by atoms with E-state index in [0.717, 1.165) is 19.4 Å². The summed E-state index contributed by atoms with van der Waals surface area (Å²) in [5.41, 5.74) is 0. The predicted molar refractivity (Wildman–Crippen MR) is 66.3 cm³/mol. The normalized spacial score (nSPS) is 20.2. The standard InChI is InChI=1S/C12H22N2O4/c1-3-17-11(15)9-14-7-5-6-10(8-14)13-12(16)18-4-2/h10H,3-9H2,1-2H3,(H,13,16). The summed E-state index contributed by atoms with van der Waals surface area (Å²) in [6.45, 7) is 6.14. The van der Waals surface area contributed by atoms with Crippen LogP contribution in [0.1, 0.15) is 26.7 Å². The molecule has 1 heterocycles. The quantitative estimate of drug-likeness (QED) is 0.737. The van der Waals surface area contributed by atoms with Crippen molar-refractivity contribution in [2.45, 2.75) is 32.7 Å². The molecule has 1 aliphatic heterocycles. The molecule has 1 unspecified atom stereocenters. The summed E-state index contributed by atoms with van der Waals surface area (Å²) in [6.07, 6.45) is 1.48. The molecule has 0 aliphatic carbocycles. The molecular formula is C12H22N2O4. The van der Waals surface area contributed by atoms with Crippen LogP contribution in [-0.4, -0.2) is 55.9 Å². The Hall–Kier alpha value is -1.30. The van der Waals surface area contributed by atoms with Gasteiger partial charge in [-0.1, -0.05) is 0 Å². The topological polar surface area (TPSA) is 67.9 Å². The second-order valence-corrected chi connectivity index (χ2v) is 4.24. The number of nitrogens with zero attached hydrogens (tertiary/aromatic N) is 1. The Kier molecular flexibility index (Phi) is 6.49. The fourth-order valence-electron chi connectivity index (χ4n) is 2.05. The highest BCUT2D eigenvalue weighted by Gasteiger charge is 2.23. The van der Waals surface area contributed by atoms with E-state index in [1.54, 1.807) is 13.8 Å². The van der Waals surface area contributed by atoms with Gasteiger partial charge in [-0.25, -0.2) is 4.79 Å². The van der Waals surface area contributed by atoms with E-state index in [4.69, 9.17) is 9.47 Å². The van der Waals surface area contributed by atoms with Crippen LogP contribution in [-0.2, 0) is 14.3 Å². The Labute approximate surface area is 108 Å². The van der Waals surface area contributed by atoms with E-state index in [1.165, 1.54) is 0 Å². The van der Waals surface area contributed by atoms with Crippen LogP contribution < -0.4 is 5.32 Å². The first-order valence-corrected chi connectivity index (χ1v) is 6.47. The Morgan fingerprint density at radius 3 is 2.67 bits per heavy atom. The maximum absolute atomic E-state index is 11.4. The summed E-state index contributed by atoms with van der Waals surface area (Å²) in [5, 5.41) is 2.80. The molecule has 0 aromatic heterocycles. The molecule has 1 saturated heterocycles. The molecule has 0 aromatic rings. The van der Waals surface area contributed by atoms with E-state index in [9.17, 15) is 9.59 Å². The number of piperidine rings is 1. The number of hydrogen-bond donors (Lipinski definition) is 1. The Morgan fingerprint density at radius 2 is 2.00 bits per heavy atom. The minimum absolute atomic E-state index is 0.0484. The SMILES string of the molecule is CCOC(=O)CN1CCCC(NC(=O)OCC)C1. The van der Waals surface area contributed by atoms with Gasteiger partial charge < -0.3 is 14.8 Å². The van der Waals surface area contributed by atoms with Gasteiger partial charge >= 0.3 is 12.1 Å². The van der Waals surface area contributed by atoms with Gasteiger partial charge in [-0.15, -0.1) is 0 Å². The Bertz CT molecular complexity index is 257. The molecule has 6 heteroatoms. The third-order valence-electron chi connectivity index (χ3n) is 2.76. The molecule has 0 spiro atoms. The van der Waals surface area contributed by atoms with Crippen molar-refractivity contribution in [2.24, 2.45) is 0 Å². The number of carbonyl (C=O) groups excluding carboxylic acids is 2. The van der Waals surface area contributed by atoms with E-state index in [2.05, 4.69) is 5.32 Å². The van der Waals surface area contributed by atoms with Crippen molar-refractivity contribution in [1.82, 2.24) is 10.2 Å². The van der Waals surface area contributed by atoms with Crippen molar-refractivity contribution < 1.29 is 19.1 Å². The number of ether oxygens (including phenoxy) is 2. The molecule has 1 atom stereocenters. The molecule has 1 fully saturated rings. The second-order valence-electron chi connectivity index (χ2n) is 4.24. The van der Waals surface area contributed by atoms with Crippen LogP contribution in [0.4, 0.5) is 4.79 Å². The van der Waals surface area contributed by atoms with Gasteiger partial charge in [0.1, 0.15) is 0 Å². The van der Waals surface area contributed by atoms with Crippen LogP contribution in [0, 0.1) is 0 Å². The van der Waals surface area contributed by atoms with E-state index in [-0.39, 0.29) is 24.6 Å². The lowest BCUT2D eigenvalue weighted by Crippen LogP contribution is -2.49. The summed E-state index contributed by atoms with van der Waals surface area (Å²) in [7, 11) is 0. The summed E-state index contributed by atoms with van der Waals surface area (Å²) < 4.78 is 9.75. The van der Waals surface area contributed by atoms with Crippen molar-refractivity contribution in [3.8, 4) is 0 Å². The third kappa shape index (κ3) is 5.35. The lowest BCUT2D eigenvalue weighted by atomic mass is 10.1. The predicted octanol–water partition coefficient (Wildman–Crippen LogP) is 0.760. The molecule has 1 rings (SSSR count). The molecule has 0 bridgehead atoms. The Morgan fingerprint density at radius 1 is 1.28 bits per heavy atom. The lowest BCUT2D eigenvalue weighted by Gasteiger charge is -2.32. The van der Waals surface area contributed by atoms with Crippen LogP contribution in [0.2, 0.25) is 0 Å². The summed E-state index contributed by atoms with van der Waals surface area (Å²) in [5.74, 6) is -0.214. The van der Waals surface area contributed by atoms with Crippen LogP contribution in [0.5, 0.6) is 0 Å². The van der Waals surface area contributed by atoms with E-state index >= 15 is 0 Å². The molecule has 0 aromatic carbocycles. The number of alkyl carbamates (subject to hydrolysis) is 1. The largest absolute Gasteiger partial charge is 0.465 e. The molecule has 18 heavy (non-hydrogen) atoms. The summed E-state index contributed by atoms with van der Waals surface area (Å²) in [6, 6.07) is 0.0484. The molecule has 0 radical (unpaired) electrons. The van der Waals surface area contributed by atoms with Gasteiger partial charge in [0.25, 0.3) is 0 Å². The summed E-state index contributed by atoms with van der Waals surface area (Å²) >= 11 is 0. The van der Waals surface area contributed by atoms with Gasteiger partial charge in [0, 0.05) is 12.6 Å². The van der Waals surface area contributed by atoms with Gasteiger partial charge in [0.2, 0.25) is 0 Å². The fourth-order valence-corrected chi connectivity index (χ4v) is 2.05. The molecule has 6 nitrogen and oxygen atoms in total. The van der Waals surface area contributed by atoms with Crippen molar-refractivity contribution >= 4 is 12.1 Å². The highest BCUT2D eigenvalue weighted by Crippen LogP contribution is 2.10. The van der Waals surface area contributed by atoms with Crippen LogP contribution in [0.15, 0.2) is 0 Å². The lowest BCUT2D eigenvalue weighted by molar-refractivity contribution is -0.144. The fraction of sp³-hybridized carbons (Fsp3) is 0.833. The van der Waals surface area contributed by atoms with Gasteiger partial charge in [-0.05, 0) is 33.2 Å². The number of amides is 1. The number of esters is 1. The highest BCUT2D eigenvalue weighted by molar-refractivity contribution is 5.71. The minimum Gasteiger partial charge on any atom is -0.465 e. The van der Waals surface area contributed by atoms with Gasteiger partial charge in [0.05, 0.1) is 19.8 Å². The van der Waals surface area contributed by atoms with E-state index < -0.39 is 0 Å². The van der Waals surface area contributed by atoms with E-state index in [0.29, 0.717) is 19.8 Å². The molecular weight excluding hydrogens is 236 g/mol. The molecule has 1 N–H and O–H groups in total. The number of nitrogens with one attached hydrogen (secondary N) is 1.